The number of pyridine rings is 1. The highest BCUT2D eigenvalue weighted by molar-refractivity contribution is 9.10. The Labute approximate surface area is 121 Å². The molecule has 1 heterocycles. The average molecular weight is 343 g/mol. The Bertz CT molecular complexity index is 686. The van der Waals surface area contributed by atoms with E-state index in [0.717, 1.165) is 20.9 Å². The van der Waals surface area contributed by atoms with E-state index >= 15 is 0 Å². The van der Waals surface area contributed by atoms with E-state index < -0.39 is 9.84 Å². The number of fused-ring (bicyclic) bond motifs is 1. The summed E-state index contributed by atoms with van der Waals surface area (Å²) >= 11 is 3.50. The van der Waals surface area contributed by atoms with Crippen LogP contribution in [0.2, 0.25) is 0 Å². The predicted molar refractivity (Wildman–Crippen MR) is 80.9 cm³/mol. The lowest BCUT2D eigenvalue weighted by molar-refractivity contribution is 0.596. The highest BCUT2D eigenvalue weighted by Gasteiger charge is 2.06. The van der Waals surface area contributed by atoms with Crippen molar-refractivity contribution in [1.29, 1.82) is 0 Å². The minimum absolute atomic E-state index is 0.148. The topological polar surface area (TPSA) is 59.1 Å². The van der Waals surface area contributed by atoms with Crippen LogP contribution < -0.4 is 5.32 Å². The molecule has 0 aliphatic carbocycles. The summed E-state index contributed by atoms with van der Waals surface area (Å²) in [4.78, 5) is 4.38. The van der Waals surface area contributed by atoms with Gasteiger partial charge in [-0.1, -0.05) is 28.1 Å². The zero-order valence-corrected chi connectivity index (χ0v) is 13.0. The Kier molecular flexibility index (Phi) is 4.54. The van der Waals surface area contributed by atoms with Gasteiger partial charge in [0.25, 0.3) is 0 Å². The summed E-state index contributed by atoms with van der Waals surface area (Å²) < 4.78 is 23.1. The molecule has 0 saturated carbocycles. The number of nitrogens with one attached hydrogen (secondary N) is 1. The van der Waals surface area contributed by atoms with Crippen molar-refractivity contribution in [3.05, 3.63) is 40.5 Å². The lowest BCUT2D eigenvalue weighted by atomic mass is 10.1. The minimum atomic E-state index is -2.91. The second-order valence-corrected chi connectivity index (χ2v) is 7.53. The van der Waals surface area contributed by atoms with Gasteiger partial charge in [0.1, 0.15) is 9.84 Å². The number of hydrogen-bond donors (Lipinski definition) is 1. The first-order valence-electron chi connectivity index (χ1n) is 5.88. The number of hydrogen-bond acceptors (Lipinski definition) is 4. The molecular weight excluding hydrogens is 328 g/mol. The van der Waals surface area contributed by atoms with Gasteiger partial charge in [-0.15, -0.1) is 0 Å². The van der Waals surface area contributed by atoms with Crippen LogP contribution >= 0.6 is 15.9 Å². The maximum absolute atomic E-state index is 11.0. The van der Waals surface area contributed by atoms with E-state index in [9.17, 15) is 8.42 Å². The SMILES string of the molecule is CS(=O)(=O)CCNCc1ccc(Br)c2cccnc12. The second kappa shape index (κ2) is 5.98. The van der Waals surface area contributed by atoms with E-state index in [2.05, 4.69) is 26.2 Å². The van der Waals surface area contributed by atoms with Crippen LogP contribution in [0.3, 0.4) is 0 Å². The third-order valence-corrected chi connectivity index (χ3v) is 4.40. The molecule has 0 amide bonds. The number of rotatable bonds is 5. The molecule has 0 radical (unpaired) electrons. The molecular formula is C13H15BrN2O2S. The van der Waals surface area contributed by atoms with Gasteiger partial charge in [-0.3, -0.25) is 4.98 Å². The first kappa shape index (κ1) is 14.4. The maximum atomic E-state index is 11.0. The molecule has 0 aliphatic rings. The van der Waals surface area contributed by atoms with Crippen LogP contribution in [-0.2, 0) is 16.4 Å². The van der Waals surface area contributed by atoms with Crippen LogP contribution in [0.15, 0.2) is 34.9 Å². The molecule has 1 N–H and O–H groups in total. The van der Waals surface area contributed by atoms with Crippen molar-refractivity contribution in [1.82, 2.24) is 10.3 Å². The molecule has 2 aromatic rings. The molecule has 19 heavy (non-hydrogen) atoms. The van der Waals surface area contributed by atoms with Gasteiger partial charge in [0.05, 0.1) is 11.3 Å². The van der Waals surface area contributed by atoms with Crippen LogP contribution in [-0.4, -0.2) is 32.0 Å². The van der Waals surface area contributed by atoms with E-state index in [4.69, 9.17) is 0 Å². The summed E-state index contributed by atoms with van der Waals surface area (Å²) in [5.74, 6) is 0.148. The number of benzene rings is 1. The average Bonchev–Trinajstić information content (AvgIpc) is 2.36. The summed E-state index contributed by atoms with van der Waals surface area (Å²) in [6, 6.07) is 7.88. The van der Waals surface area contributed by atoms with Crippen LogP contribution in [0.5, 0.6) is 0 Å². The predicted octanol–water partition coefficient (Wildman–Crippen LogP) is 2.13. The Balaban J connectivity index is 2.11. The van der Waals surface area contributed by atoms with Gasteiger partial charge >= 0.3 is 0 Å². The molecule has 1 aromatic heterocycles. The summed E-state index contributed by atoms with van der Waals surface area (Å²) in [5, 5.41) is 4.20. The van der Waals surface area contributed by atoms with Crippen molar-refractivity contribution in [2.75, 3.05) is 18.6 Å². The fraction of sp³-hybridized carbons (Fsp3) is 0.308. The van der Waals surface area contributed by atoms with E-state index in [1.165, 1.54) is 6.26 Å². The summed E-state index contributed by atoms with van der Waals surface area (Å²) in [5.41, 5.74) is 2.00. The number of halogens is 1. The first-order valence-corrected chi connectivity index (χ1v) is 8.73. The lowest BCUT2D eigenvalue weighted by Gasteiger charge is -2.08. The second-order valence-electron chi connectivity index (χ2n) is 4.41. The zero-order valence-electron chi connectivity index (χ0n) is 10.6. The Morgan fingerprint density at radius 1 is 1.32 bits per heavy atom. The normalized spacial score (nSPS) is 11.9. The molecule has 102 valence electrons. The fourth-order valence-corrected chi connectivity index (χ4v) is 2.79. The van der Waals surface area contributed by atoms with Crippen molar-refractivity contribution in [3.63, 3.8) is 0 Å². The number of nitrogens with zero attached hydrogens (tertiary/aromatic N) is 1. The van der Waals surface area contributed by atoms with Crippen LogP contribution in [0.1, 0.15) is 5.56 Å². The molecule has 1 aromatic carbocycles. The van der Waals surface area contributed by atoms with E-state index in [1.54, 1.807) is 6.20 Å². The molecule has 0 aliphatic heterocycles. The van der Waals surface area contributed by atoms with Crippen molar-refractivity contribution in [2.45, 2.75) is 6.54 Å². The largest absolute Gasteiger partial charge is 0.312 e. The van der Waals surface area contributed by atoms with E-state index in [0.29, 0.717) is 13.1 Å². The van der Waals surface area contributed by atoms with Gasteiger partial charge in [-0.2, -0.15) is 0 Å². The maximum Gasteiger partial charge on any atom is 0.148 e. The van der Waals surface area contributed by atoms with Gasteiger partial charge in [0, 0.05) is 35.4 Å². The smallest absolute Gasteiger partial charge is 0.148 e. The quantitative estimate of drug-likeness (QED) is 0.845. The van der Waals surface area contributed by atoms with Crippen molar-refractivity contribution < 1.29 is 8.42 Å². The van der Waals surface area contributed by atoms with Crippen LogP contribution in [0, 0.1) is 0 Å². The van der Waals surface area contributed by atoms with Crippen molar-refractivity contribution in [2.24, 2.45) is 0 Å². The summed E-state index contributed by atoms with van der Waals surface area (Å²) in [7, 11) is -2.91. The van der Waals surface area contributed by atoms with Gasteiger partial charge in [-0.05, 0) is 17.7 Å². The van der Waals surface area contributed by atoms with E-state index in [1.807, 2.05) is 24.3 Å². The van der Waals surface area contributed by atoms with Crippen LogP contribution in [0.25, 0.3) is 10.9 Å². The number of sulfone groups is 1. The Hall–Kier alpha value is -0.980. The van der Waals surface area contributed by atoms with Crippen molar-refractivity contribution in [3.8, 4) is 0 Å². The molecule has 0 atom stereocenters. The summed E-state index contributed by atoms with van der Waals surface area (Å²) in [6.07, 6.45) is 3.00. The molecule has 0 spiro atoms. The van der Waals surface area contributed by atoms with Crippen LogP contribution in [0.4, 0.5) is 0 Å². The molecule has 2 rings (SSSR count). The highest BCUT2D eigenvalue weighted by Crippen LogP contribution is 2.24. The first-order chi connectivity index (χ1) is 8.97. The highest BCUT2D eigenvalue weighted by atomic mass is 79.9. The third kappa shape index (κ3) is 3.99. The fourth-order valence-electron chi connectivity index (χ4n) is 1.82. The minimum Gasteiger partial charge on any atom is -0.312 e. The molecule has 0 unspecified atom stereocenters. The molecule has 0 saturated heterocycles. The lowest BCUT2D eigenvalue weighted by Crippen LogP contribution is -2.22. The standard InChI is InChI=1S/C13H15BrN2O2S/c1-19(17,18)8-7-15-9-10-4-5-12(14)11-3-2-6-16-13(10)11/h2-6,15H,7-9H2,1H3. The molecule has 6 heteroatoms. The van der Waals surface area contributed by atoms with Gasteiger partial charge in [0.15, 0.2) is 0 Å². The van der Waals surface area contributed by atoms with E-state index in [-0.39, 0.29) is 5.75 Å². The van der Waals surface area contributed by atoms with Gasteiger partial charge in [-0.25, -0.2) is 8.42 Å². The van der Waals surface area contributed by atoms with Crippen molar-refractivity contribution >= 4 is 36.7 Å². The van der Waals surface area contributed by atoms with Gasteiger partial charge < -0.3 is 5.32 Å². The Morgan fingerprint density at radius 3 is 2.84 bits per heavy atom. The van der Waals surface area contributed by atoms with Gasteiger partial charge in [0.2, 0.25) is 0 Å². The molecule has 0 bridgehead atoms. The monoisotopic (exact) mass is 342 g/mol. The zero-order chi connectivity index (χ0) is 13.9. The summed E-state index contributed by atoms with van der Waals surface area (Å²) in [6.45, 7) is 1.06. The molecule has 0 fully saturated rings. The Morgan fingerprint density at radius 2 is 2.11 bits per heavy atom. The third-order valence-electron chi connectivity index (χ3n) is 2.77. The number of aromatic nitrogens is 1. The molecule has 4 nitrogen and oxygen atoms in total.